The normalized spacial score (nSPS) is 24.9. The van der Waals surface area contributed by atoms with Crippen LogP contribution in [0.3, 0.4) is 0 Å². The molecule has 9 nitrogen and oxygen atoms in total. The van der Waals surface area contributed by atoms with Gasteiger partial charge in [-0.15, -0.1) is 5.10 Å². The minimum atomic E-state index is -3.49. The molecule has 30 heavy (non-hydrogen) atoms. The quantitative estimate of drug-likeness (QED) is 0.639. The van der Waals surface area contributed by atoms with Gasteiger partial charge in [0.05, 0.1) is 18.9 Å². The fourth-order valence-corrected chi connectivity index (χ4v) is 5.79. The van der Waals surface area contributed by atoms with Gasteiger partial charge in [-0.05, 0) is 38.2 Å². The van der Waals surface area contributed by atoms with Crippen LogP contribution in [0, 0.1) is 4.84 Å². The van der Waals surface area contributed by atoms with E-state index < -0.39 is 10.2 Å². The van der Waals surface area contributed by atoms with Gasteiger partial charge >= 0.3 is 0 Å². The summed E-state index contributed by atoms with van der Waals surface area (Å²) in [5.41, 5.74) is 0.868. The molecule has 0 saturated carbocycles. The van der Waals surface area contributed by atoms with Crippen LogP contribution in [0.4, 0.5) is 0 Å². The number of piperazine rings is 1. The van der Waals surface area contributed by atoms with Crippen LogP contribution in [0.15, 0.2) is 34.7 Å². The van der Waals surface area contributed by atoms with Crippen molar-refractivity contribution in [3.05, 3.63) is 35.2 Å². The Labute approximate surface area is 182 Å². The first kappa shape index (κ1) is 21.6. The van der Waals surface area contributed by atoms with Crippen LogP contribution in [-0.4, -0.2) is 83.2 Å². The van der Waals surface area contributed by atoms with Crippen LogP contribution in [0.1, 0.15) is 13.8 Å². The average Bonchev–Trinajstić information content (AvgIpc) is 3.09. The van der Waals surface area contributed by atoms with E-state index >= 15 is 0 Å². The second-order valence-electron chi connectivity index (χ2n) is 7.78. The fourth-order valence-electron chi connectivity index (χ4n) is 3.87. The third-order valence-electron chi connectivity index (χ3n) is 5.33. The Kier molecular flexibility index (Phi) is 6.37. The Bertz CT molecular complexity index is 1010. The van der Waals surface area contributed by atoms with Gasteiger partial charge in [0.1, 0.15) is 0 Å². The largest absolute Gasteiger partial charge is 0.409 e. The van der Waals surface area contributed by atoms with Crippen molar-refractivity contribution in [2.24, 2.45) is 0 Å². The topological polar surface area (TPSA) is 84.1 Å². The van der Waals surface area contributed by atoms with E-state index in [1.807, 2.05) is 44.2 Å². The van der Waals surface area contributed by atoms with Crippen LogP contribution in [0.2, 0.25) is 0 Å². The molecule has 0 radical (unpaired) electrons. The summed E-state index contributed by atoms with van der Waals surface area (Å²) in [6.07, 6.45) is -0.199. The van der Waals surface area contributed by atoms with E-state index in [1.165, 1.54) is 0 Å². The molecule has 1 aromatic carbocycles. The molecule has 11 heteroatoms. The first-order valence-electron chi connectivity index (χ1n) is 10.1. The van der Waals surface area contributed by atoms with Gasteiger partial charge in [-0.25, -0.2) is 4.68 Å². The fraction of sp³-hybridized carbons (Fsp3) is 0.579. The standard InChI is InChI=1S/C19H27N5O4S2/c1-15-12-23(13-16(2)27-15)30(25,26)22-10-8-21(9-11-22)14-24-19(29)28-18(20-24)17-6-4-3-5-7-17/h3-7,15-16H,8-14H2,1-2H3. The summed E-state index contributed by atoms with van der Waals surface area (Å²) in [6.45, 7) is 7.12. The Morgan fingerprint density at radius 3 is 2.30 bits per heavy atom. The highest BCUT2D eigenvalue weighted by molar-refractivity contribution is 7.86. The Morgan fingerprint density at radius 1 is 1.03 bits per heavy atom. The average molecular weight is 454 g/mol. The lowest BCUT2D eigenvalue weighted by Crippen LogP contribution is -2.57. The van der Waals surface area contributed by atoms with E-state index in [-0.39, 0.29) is 12.2 Å². The number of morpholine rings is 1. The summed E-state index contributed by atoms with van der Waals surface area (Å²) in [4.78, 5) is 2.43. The maximum absolute atomic E-state index is 13.0. The van der Waals surface area contributed by atoms with E-state index in [2.05, 4.69) is 10.00 Å². The van der Waals surface area contributed by atoms with Crippen molar-refractivity contribution in [2.75, 3.05) is 39.3 Å². The van der Waals surface area contributed by atoms with Crippen LogP contribution in [-0.2, 0) is 21.6 Å². The lowest BCUT2D eigenvalue weighted by Gasteiger charge is -2.40. The van der Waals surface area contributed by atoms with Gasteiger partial charge in [-0.2, -0.15) is 17.0 Å². The highest BCUT2D eigenvalue weighted by atomic mass is 32.2. The highest BCUT2D eigenvalue weighted by Gasteiger charge is 2.36. The summed E-state index contributed by atoms with van der Waals surface area (Å²) >= 11 is 5.31. The predicted octanol–water partition coefficient (Wildman–Crippen LogP) is 1.80. The second kappa shape index (κ2) is 8.85. The second-order valence-corrected chi connectivity index (χ2v) is 10.1. The molecular weight excluding hydrogens is 426 g/mol. The van der Waals surface area contributed by atoms with Crippen molar-refractivity contribution < 1.29 is 17.6 Å². The van der Waals surface area contributed by atoms with Gasteiger partial charge in [-0.3, -0.25) is 4.90 Å². The van der Waals surface area contributed by atoms with Crippen LogP contribution in [0.5, 0.6) is 0 Å². The minimum absolute atomic E-state index is 0.0994. The van der Waals surface area contributed by atoms with Crippen LogP contribution < -0.4 is 0 Å². The molecule has 0 N–H and O–H groups in total. The molecule has 2 fully saturated rings. The van der Waals surface area contributed by atoms with E-state index in [9.17, 15) is 8.42 Å². The molecule has 3 heterocycles. The molecule has 2 unspecified atom stereocenters. The van der Waals surface area contributed by atoms with Crippen molar-refractivity contribution in [3.63, 3.8) is 0 Å². The molecule has 164 valence electrons. The van der Waals surface area contributed by atoms with Gasteiger partial charge in [-0.1, -0.05) is 18.2 Å². The number of benzene rings is 1. The minimum Gasteiger partial charge on any atom is -0.409 e. The summed E-state index contributed by atoms with van der Waals surface area (Å²) < 4.78 is 42.1. The monoisotopic (exact) mass is 453 g/mol. The number of hydrogen-bond acceptors (Lipinski definition) is 7. The number of ether oxygens (including phenoxy) is 1. The lowest BCUT2D eigenvalue weighted by molar-refractivity contribution is -0.0458. The molecule has 0 spiro atoms. The van der Waals surface area contributed by atoms with E-state index in [0.717, 1.165) is 5.56 Å². The van der Waals surface area contributed by atoms with Gasteiger partial charge in [0.2, 0.25) is 5.89 Å². The zero-order chi connectivity index (χ0) is 21.3. The van der Waals surface area contributed by atoms with Gasteiger partial charge in [0.25, 0.3) is 15.0 Å². The molecular formula is C19H27N5O4S2. The number of rotatable bonds is 5. The van der Waals surface area contributed by atoms with E-state index in [4.69, 9.17) is 21.4 Å². The molecule has 2 aliphatic heterocycles. The van der Waals surface area contributed by atoms with E-state index in [0.29, 0.717) is 56.7 Å². The first-order chi connectivity index (χ1) is 14.3. The molecule has 1 aromatic heterocycles. The molecule has 4 rings (SSSR count). The smallest absolute Gasteiger partial charge is 0.288 e. The number of aromatic nitrogens is 2. The maximum Gasteiger partial charge on any atom is 0.288 e. The number of nitrogens with zero attached hydrogens (tertiary/aromatic N) is 5. The summed E-state index contributed by atoms with van der Waals surface area (Å²) in [5, 5.41) is 4.48. The van der Waals surface area contributed by atoms with Crippen LogP contribution in [0.25, 0.3) is 11.5 Å². The summed E-state index contributed by atoms with van der Waals surface area (Å²) in [5.74, 6) is 0.484. The molecule has 0 amide bonds. The molecule has 2 atom stereocenters. The summed E-state index contributed by atoms with van der Waals surface area (Å²) in [6, 6.07) is 9.61. The van der Waals surface area contributed by atoms with Crippen molar-refractivity contribution in [1.29, 1.82) is 0 Å². The lowest BCUT2D eigenvalue weighted by atomic mass is 10.2. The van der Waals surface area contributed by atoms with Gasteiger partial charge < -0.3 is 9.15 Å². The Balaban J connectivity index is 1.37. The predicted molar refractivity (Wildman–Crippen MR) is 114 cm³/mol. The Morgan fingerprint density at radius 2 is 1.67 bits per heavy atom. The zero-order valence-electron chi connectivity index (χ0n) is 17.2. The van der Waals surface area contributed by atoms with Crippen LogP contribution >= 0.6 is 12.2 Å². The molecule has 0 aliphatic carbocycles. The SMILES string of the molecule is CC1CN(S(=O)(=O)N2CCN(Cn3nc(-c4ccccc4)oc3=S)CC2)CC(C)O1. The van der Waals surface area contributed by atoms with Gasteiger partial charge in [0.15, 0.2) is 0 Å². The van der Waals surface area contributed by atoms with Crippen molar-refractivity contribution >= 4 is 22.4 Å². The highest BCUT2D eigenvalue weighted by Crippen LogP contribution is 2.20. The summed E-state index contributed by atoms with van der Waals surface area (Å²) in [7, 11) is -3.49. The Hall–Kier alpha value is -1.63. The maximum atomic E-state index is 13.0. The molecule has 2 aliphatic rings. The van der Waals surface area contributed by atoms with Crippen molar-refractivity contribution in [3.8, 4) is 11.5 Å². The third-order valence-corrected chi connectivity index (χ3v) is 7.59. The zero-order valence-corrected chi connectivity index (χ0v) is 18.8. The third kappa shape index (κ3) is 4.66. The van der Waals surface area contributed by atoms with Crippen molar-refractivity contribution in [1.82, 2.24) is 23.3 Å². The number of hydrogen-bond donors (Lipinski definition) is 0. The van der Waals surface area contributed by atoms with E-state index in [1.54, 1.807) is 13.3 Å². The molecule has 2 aromatic rings. The molecule has 2 saturated heterocycles. The van der Waals surface area contributed by atoms with Gasteiger partial charge in [0, 0.05) is 44.8 Å². The first-order valence-corrected chi connectivity index (χ1v) is 11.9. The molecule has 0 bridgehead atoms. The van der Waals surface area contributed by atoms with Crippen molar-refractivity contribution in [2.45, 2.75) is 32.7 Å².